The van der Waals surface area contributed by atoms with Gasteiger partial charge in [-0.1, -0.05) is 28.9 Å². The van der Waals surface area contributed by atoms with E-state index in [1.807, 2.05) is 6.07 Å². The standard InChI is InChI=1S/C25H18ClN5O3S/c1-33-20-12-27-21(26)10-17(20)16-8-14-6-7-34-19(14)9-18(16)23(32)31-25-30-22-24(35-25)29-15(11-28-22)5-4-13-2-3-13/h8-13H,2-3,6-7H2,1H3,(H,28,30,31,32). The van der Waals surface area contributed by atoms with E-state index < -0.39 is 0 Å². The van der Waals surface area contributed by atoms with Crippen LogP contribution in [0.15, 0.2) is 30.6 Å². The van der Waals surface area contributed by atoms with Gasteiger partial charge in [0.2, 0.25) is 0 Å². The van der Waals surface area contributed by atoms with Crippen molar-refractivity contribution >= 4 is 44.5 Å². The quantitative estimate of drug-likeness (QED) is 0.316. The molecule has 1 fully saturated rings. The SMILES string of the molecule is COc1cnc(Cl)cc1-c1cc2c(cc1C(=O)Nc1nc3ncc(C#CC4CC4)nc3s1)OCC2. The predicted octanol–water partition coefficient (Wildman–Crippen LogP) is 4.76. The van der Waals surface area contributed by atoms with Crippen molar-refractivity contribution in [1.82, 2.24) is 19.9 Å². The number of anilines is 1. The number of amides is 1. The molecule has 4 aromatic rings. The highest BCUT2D eigenvalue weighted by molar-refractivity contribution is 7.21. The zero-order valence-corrected chi connectivity index (χ0v) is 20.2. The van der Waals surface area contributed by atoms with E-state index in [-0.39, 0.29) is 5.91 Å². The molecule has 1 amide bonds. The number of pyridine rings is 1. The summed E-state index contributed by atoms with van der Waals surface area (Å²) in [6.07, 6.45) is 6.20. The summed E-state index contributed by atoms with van der Waals surface area (Å²) in [6.45, 7) is 0.565. The van der Waals surface area contributed by atoms with E-state index in [0.717, 1.165) is 24.8 Å². The highest BCUT2D eigenvalue weighted by Gasteiger charge is 2.24. The van der Waals surface area contributed by atoms with Gasteiger partial charge in [0.1, 0.15) is 22.3 Å². The molecule has 0 bridgehead atoms. The van der Waals surface area contributed by atoms with Gasteiger partial charge in [-0.2, -0.15) is 4.98 Å². The van der Waals surface area contributed by atoms with Crippen LogP contribution in [0.4, 0.5) is 5.13 Å². The number of methoxy groups -OCH3 is 1. The number of fused-ring (bicyclic) bond motifs is 2. The number of nitrogens with one attached hydrogen (secondary N) is 1. The second-order valence-corrected chi connectivity index (χ2v) is 9.58. The molecule has 1 aliphatic heterocycles. The van der Waals surface area contributed by atoms with Gasteiger partial charge >= 0.3 is 0 Å². The number of carbonyl (C=O) groups excluding carboxylic acids is 1. The summed E-state index contributed by atoms with van der Waals surface area (Å²) in [7, 11) is 1.55. The van der Waals surface area contributed by atoms with Crippen molar-refractivity contribution in [2.45, 2.75) is 19.3 Å². The van der Waals surface area contributed by atoms with Crippen LogP contribution in [0, 0.1) is 17.8 Å². The van der Waals surface area contributed by atoms with E-state index in [0.29, 0.717) is 67.2 Å². The van der Waals surface area contributed by atoms with Gasteiger partial charge in [-0.15, -0.1) is 0 Å². The van der Waals surface area contributed by atoms with E-state index >= 15 is 0 Å². The Labute approximate surface area is 209 Å². The van der Waals surface area contributed by atoms with Crippen molar-refractivity contribution < 1.29 is 14.3 Å². The van der Waals surface area contributed by atoms with E-state index in [1.54, 1.807) is 25.4 Å². The van der Waals surface area contributed by atoms with Gasteiger partial charge in [0, 0.05) is 17.9 Å². The maximum atomic E-state index is 13.5. The number of hydrogen-bond donors (Lipinski definition) is 1. The molecule has 0 atom stereocenters. The van der Waals surface area contributed by atoms with Crippen LogP contribution in [0.3, 0.4) is 0 Å². The lowest BCUT2D eigenvalue weighted by atomic mass is 9.95. The Balaban J connectivity index is 1.36. The van der Waals surface area contributed by atoms with Gasteiger partial charge in [-0.3, -0.25) is 10.1 Å². The molecule has 10 heteroatoms. The van der Waals surface area contributed by atoms with Crippen LogP contribution in [-0.4, -0.2) is 39.6 Å². The molecular formula is C25H18ClN5O3S. The highest BCUT2D eigenvalue weighted by atomic mass is 35.5. The number of hydrogen-bond acceptors (Lipinski definition) is 8. The largest absolute Gasteiger partial charge is 0.494 e. The van der Waals surface area contributed by atoms with Crippen LogP contribution in [0.1, 0.15) is 34.5 Å². The predicted molar refractivity (Wildman–Crippen MR) is 133 cm³/mol. The number of ether oxygens (including phenoxy) is 2. The van der Waals surface area contributed by atoms with Crippen molar-refractivity contribution in [3.05, 3.63) is 52.6 Å². The summed E-state index contributed by atoms with van der Waals surface area (Å²) in [5.41, 5.74) is 3.82. The number of benzene rings is 1. The summed E-state index contributed by atoms with van der Waals surface area (Å²) in [4.78, 5) is 31.5. The first kappa shape index (κ1) is 21.8. The molecule has 0 unspecified atom stereocenters. The topological polar surface area (TPSA) is 99.1 Å². The lowest BCUT2D eigenvalue weighted by molar-refractivity contribution is 0.102. The lowest BCUT2D eigenvalue weighted by Gasteiger charge is -2.14. The second kappa shape index (κ2) is 8.80. The Morgan fingerprint density at radius 3 is 2.91 bits per heavy atom. The third-order valence-corrected chi connectivity index (χ3v) is 6.80. The Morgan fingerprint density at radius 1 is 1.20 bits per heavy atom. The van der Waals surface area contributed by atoms with Crippen molar-refractivity contribution in [3.63, 3.8) is 0 Å². The summed E-state index contributed by atoms with van der Waals surface area (Å²) in [5, 5.41) is 3.58. The van der Waals surface area contributed by atoms with Crippen LogP contribution >= 0.6 is 22.9 Å². The average Bonchev–Trinajstić information content (AvgIpc) is 3.43. The molecule has 0 spiro atoms. The van der Waals surface area contributed by atoms with Gasteiger partial charge in [-0.05, 0) is 48.1 Å². The molecule has 35 heavy (non-hydrogen) atoms. The normalized spacial score (nSPS) is 14.1. The Morgan fingerprint density at radius 2 is 2.09 bits per heavy atom. The first-order valence-corrected chi connectivity index (χ1v) is 12.2. The Hall–Kier alpha value is -3.74. The van der Waals surface area contributed by atoms with Crippen LogP contribution in [0.5, 0.6) is 11.5 Å². The average molecular weight is 504 g/mol. The first-order valence-electron chi connectivity index (χ1n) is 11.0. The second-order valence-electron chi connectivity index (χ2n) is 8.21. The maximum absolute atomic E-state index is 13.5. The van der Waals surface area contributed by atoms with Crippen LogP contribution in [0.25, 0.3) is 21.6 Å². The van der Waals surface area contributed by atoms with Gasteiger partial charge in [-0.25, -0.2) is 15.0 Å². The van der Waals surface area contributed by atoms with Gasteiger partial charge in [0.05, 0.1) is 31.7 Å². The molecule has 1 saturated carbocycles. The van der Waals surface area contributed by atoms with Crippen molar-refractivity contribution in [3.8, 4) is 34.5 Å². The summed E-state index contributed by atoms with van der Waals surface area (Å²) >= 11 is 7.43. The van der Waals surface area contributed by atoms with Crippen LogP contribution in [-0.2, 0) is 6.42 Å². The van der Waals surface area contributed by atoms with E-state index in [2.05, 4.69) is 37.1 Å². The maximum Gasteiger partial charge on any atom is 0.258 e. The summed E-state index contributed by atoms with van der Waals surface area (Å²) in [5.74, 6) is 7.57. The van der Waals surface area contributed by atoms with E-state index in [9.17, 15) is 4.79 Å². The smallest absolute Gasteiger partial charge is 0.258 e. The zero-order valence-electron chi connectivity index (χ0n) is 18.6. The third-order valence-electron chi connectivity index (χ3n) is 5.74. The summed E-state index contributed by atoms with van der Waals surface area (Å²) < 4.78 is 11.2. The molecule has 8 nitrogen and oxygen atoms in total. The van der Waals surface area contributed by atoms with Gasteiger partial charge in [0.15, 0.2) is 15.6 Å². The van der Waals surface area contributed by atoms with Crippen LogP contribution in [0.2, 0.25) is 5.15 Å². The molecular weight excluding hydrogens is 486 g/mol. The minimum Gasteiger partial charge on any atom is -0.494 e. The summed E-state index contributed by atoms with van der Waals surface area (Å²) in [6, 6.07) is 5.37. The van der Waals surface area contributed by atoms with Gasteiger partial charge < -0.3 is 9.47 Å². The molecule has 1 N–H and O–H groups in total. The van der Waals surface area contributed by atoms with Crippen molar-refractivity contribution in [1.29, 1.82) is 0 Å². The molecule has 6 rings (SSSR count). The van der Waals surface area contributed by atoms with Crippen LogP contribution < -0.4 is 14.8 Å². The van der Waals surface area contributed by atoms with E-state index in [4.69, 9.17) is 21.1 Å². The molecule has 4 heterocycles. The zero-order chi connectivity index (χ0) is 23.9. The van der Waals surface area contributed by atoms with Crippen molar-refractivity contribution in [2.24, 2.45) is 5.92 Å². The minimum atomic E-state index is -0.346. The molecule has 174 valence electrons. The number of carbonyl (C=O) groups is 1. The molecule has 0 saturated heterocycles. The number of nitrogens with zero attached hydrogens (tertiary/aromatic N) is 4. The lowest BCUT2D eigenvalue weighted by Crippen LogP contribution is -2.13. The van der Waals surface area contributed by atoms with Crippen molar-refractivity contribution in [2.75, 3.05) is 19.0 Å². The Kier molecular flexibility index (Phi) is 5.47. The molecule has 3 aromatic heterocycles. The number of halogens is 1. The number of aromatic nitrogens is 4. The third kappa shape index (κ3) is 4.38. The fourth-order valence-electron chi connectivity index (χ4n) is 3.83. The highest BCUT2D eigenvalue weighted by Crippen LogP contribution is 2.39. The molecule has 0 radical (unpaired) electrons. The molecule has 1 aromatic carbocycles. The Bertz CT molecular complexity index is 1550. The van der Waals surface area contributed by atoms with E-state index in [1.165, 1.54) is 17.5 Å². The number of thiazole rings is 1. The minimum absolute atomic E-state index is 0.299. The van der Waals surface area contributed by atoms with Gasteiger partial charge in [0.25, 0.3) is 5.91 Å². The molecule has 2 aliphatic rings. The number of rotatable bonds is 4. The first-order chi connectivity index (χ1) is 17.1. The monoisotopic (exact) mass is 503 g/mol. The fourth-order valence-corrected chi connectivity index (χ4v) is 4.78. The molecule has 1 aliphatic carbocycles. The fraction of sp³-hybridized carbons (Fsp3) is 0.240.